The van der Waals surface area contributed by atoms with E-state index in [-0.39, 0.29) is 24.9 Å². The van der Waals surface area contributed by atoms with Gasteiger partial charge in [-0.25, -0.2) is 4.79 Å². The first-order valence-corrected chi connectivity index (χ1v) is 10.4. The van der Waals surface area contributed by atoms with Gasteiger partial charge >= 0.3 is 11.9 Å². The highest BCUT2D eigenvalue weighted by Crippen LogP contribution is 2.45. The molecule has 0 fully saturated rings. The van der Waals surface area contributed by atoms with Gasteiger partial charge in [0.15, 0.2) is 5.78 Å². The van der Waals surface area contributed by atoms with Gasteiger partial charge in [-0.3, -0.25) is 9.59 Å². The molecule has 0 unspecified atom stereocenters. The zero-order chi connectivity index (χ0) is 22.7. The van der Waals surface area contributed by atoms with Crippen LogP contribution >= 0.6 is 0 Å². The minimum atomic E-state index is -0.900. The average molecular weight is 427 g/mol. The number of esters is 2. The van der Waals surface area contributed by atoms with E-state index in [0.717, 1.165) is 16.8 Å². The number of ether oxygens (including phenoxy) is 3. The third-order valence-corrected chi connectivity index (χ3v) is 5.89. The summed E-state index contributed by atoms with van der Waals surface area (Å²) in [4.78, 5) is 39.0. The smallest absolute Gasteiger partial charge is 0.336 e. The normalized spacial score (nSPS) is 23.3. The molecule has 0 saturated carbocycles. The fraction of sp³-hybridized carbons (Fsp3) is 0.458. The van der Waals surface area contributed by atoms with Crippen molar-refractivity contribution in [1.82, 2.24) is 5.32 Å². The number of allylic oxidation sites excluding steroid dienone is 3. The Morgan fingerprint density at radius 1 is 1.10 bits per heavy atom. The Balaban J connectivity index is 2.11. The molecule has 1 aromatic carbocycles. The molecule has 1 aliphatic heterocycles. The van der Waals surface area contributed by atoms with Gasteiger partial charge < -0.3 is 19.5 Å². The Labute approximate surface area is 182 Å². The van der Waals surface area contributed by atoms with E-state index in [0.29, 0.717) is 23.3 Å². The van der Waals surface area contributed by atoms with Gasteiger partial charge in [-0.05, 0) is 31.7 Å². The standard InChI is InChI=1S/C24H29NO6/c1-13-6-8-16(9-7-13)20-19(24(28)31-11-10-29-4)15(3)25-17-12-14(2)18(23(27)30-5)22(26)21(17)20/h6-9,14,18,20,25H,10-12H2,1-5H3/t14-,18+,20-/m0/s1. The number of hydrogen-bond acceptors (Lipinski definition) is 7. The molecule has 1 heterocycles. The van der Waals surface area contributed by atoms with Crippen LogP contribution in [0.2, 0.25) is 0 Å². The molecule has 1 aromatic rings. The molecule has 2 aliphatic rings. The monoisotopic (exact) mass is 427 g/mol. The van der Waals surface area contributed by atoms with Crippen molar-refractivity contribution in [2.24, 2.45) is 11.8 Å². The number of ketones is 1. The number of methoxy groups -OCH3 is 2. The van der Waals surface area contributed by atoms with Crippen molar-refractivity contribution in [2.75, 3.05) is 27.4 Å². The lowest BCUT2D eigenvalue weighted by Crippen LogP contribution is -2.43. The van der Waals surface area contributed by atoms with Crippen LogP contribution in [0.1, 0.15) is 37.3 Å². The zero-order valence-electron chi connectivity index (χ0n) is 18.6. The summed E-state index contributed by atoms with van der Waals surface area (Å²) >= 11 is 0. The van der Waals surface area contributed by atoms with Crippen molar-refractivity contribution in [1.29, 1.82) is 0 Å². The van der Waals surface area contributed by atoms with Crippen molar-refractivity contribution in [2.45, 2.75) is 33.1 Å². The third kappa shape index (κ3) is 4.42. The van der Waals surface area contributed by atoms with Crippen LogP contribution < -0.4 is 5.32 Å². The minimum absolute atomic E-state index is 0.106. The van der Waals surface area contributed by atoms with Crippen LogP contribution in [0.3, 0.4) is 0 Å². The summed E-state index contributed by atoms with van der Waals surface area (Å²) in [7, 11) is 2.81. The Morgan fingerprint density at radius 2 is 1.77 bits per heavy atom. The molecule has 31 heavy (non-hydrogen) atoms. The lowest BCUT2D eigenvalue weighted by atomic mass is 9.69. The number of nitrogens with one attached hydrogen (secondary N) is 1. The van der Waals surface area contributed by atoms with Crippen molar-refractivity contribution in [3.63, 3.8) is 0 Å². The van der Waals surface area contributed by atoms with Gasteiger partial charge in [0.1, 0.15) is 12.5 Å². The second-order valence-corrected chi connectivity index (χ2v) is 8.07. The largest absolute Gasteiger partial charge is 0.468 e. The Bertz CT molecular complexity index is 943. The number of Topliss-reactive ketones (excluding diaryl/α,β-unsaturated/α-hetero) is 1. The fourth-order valence-electron chi connectivity index (χ4n) is 4.34. The molecule has 0 spiro atoms. The minimum Gasteiger partial charge on any atom is -0.468 e. The number of benzene rings is 1. The van der Waals surface area contributed by atoms with E-state index in [1.165, 1.54) is 14.2 Å². The van der Waals surface area contributed by atoms with E-state index >= 15 is 0 Å². The van der Waals surface area contributed by atoms with Gasteiger partial charge in [-0.2, -0.15) is 0 Å². The van der Waals surface area contributed by atoms with E-state index in [2.05, 4.69) is 5.32 Å². The number of rotatable bonds is 6. The molecule has 166 valence electrons. The zero-order valence-corrected chi connectivity index (χ0v) is 18.6. The van der Waals surface area contributed by atoms with Crippen LogP contribution in [0.25, 0.3) is 0 Å². The first-order chi connectivity index (χ1) is 14.8. The SMILES string of the molecule is COCCOC(=O)C1=C(C)NC2=C(C(=O)[C@H](C(=O)OC)[C@@H](C)C2)[C@H]1c1ccc(C)cc1. The molecule has 0 saturated heterocycles. The molecular weight excluding hydrogens is 398 g/mol. The Kier molecular flexibility index (Phi) is 6.95. The number of hydrogen-bond donors (Lipinski definition) is 1. The van der Waals surface area contributed by atoms with Gasteiger partial charge in [0.05, 0.1) is 19.3 Å². The van der Waals surface area contributed by atoms with Gasteiger partial charge in [0.2, 0.25) is 0 Å². The maximum Gasteiger partial charge on any atom is 0.336 e. The average Bonchev–Trinajstić information content (AvgIpc) is 2.73. The van der Waals surface area contributed by atoms with Gasteiger partial charge in [0.25, 0.3) is 0 Å². The quantitative estimate of drug-likeness (QED) is 0.424. The van der Waals surface area contributed by atoms with Crippen LogP contribution in [0.5, 0.6) is 0 Å². The second kappa shape index (κ2) is 9.47. The molecule has 0 amide bonds. The first-order valence-electron chi connectivity index (χ1n) is 10.4. The predicted molar refractivity (Wildman–Crippen MR) is 114 cm³/mol. The van der Waals surface area contributed by atoms with Crippen molar-refractivity contribution >= 4 is 17.7 Å². The van der Waals surface area contributed by atoms with Gasteiger partial charge in [0, 0.05) is 30.0 Å². The van der Waals surface area contributed by atoms with Gasteiger partial charge in [-0.1, -0.05) is 36.8 Å². The predicted octanol–water partition coefficient (Wildman–Crippen LogP) is 2.80. The summed E-state index contributed by atoms with van der Waals surface area (Å²) in [6.45, 7) is 6.02. The van der Waals surface area contributed by atoms with Crippen LogP contribution in [0, 0.1) is 18.8 Å². The summed E-state index contributed by atoms with van der Waals surface area (Å²) in [5, 5.41) is 3.24. The maximum absolute atomic E-state index is 13.6. The van der Waals surface area contributed by atoms with Crippen molar-refractivity contribution < 1.29 is 28.6 Å². The maximum atomic E-state index is 13.6. The molecule has 3 atom stereocenters. The molecule has 3 rings (SSSR count). The molecule has 7 heteroatoms. The Hall–Kier alpha value is -2.93. The summed E-state index contributed by atoms with van der Waals surface area (Å²) in [5.74, 6) is -3.12. The molecule has 0 bridgehead atoms. The summed E-state index contributed by atoms with van der Waals surface area (Å²) < 4.78 is 15.3. The fourth-order valence-corrected chi connectivity index (χ4v) is 4.34. The highest BCUT2D eigenvalue weighted by Gasteiger charge is 2.47. The number of dihydropyridines is 1. The van der Waals surface area contributed by atoms with E-state index in [4.69, 9.17) is 14.2 Å². The van der Waals surface area contributed by atoms with Crippen molar-refractivity contribution in [3.8, 4) is 0 Å². The number of aryl methyl sites for hydroxylation is 1. The highest BCUT2D eigenvalue weighted by atomic mass is 16.6. The number of carbonyl (C=O) groups excluding carboxylic acids is 3. The molecule has 0 aromatic heterocycles. The molecule has 1 N–H and O–H groups in total. The highest BCUT2D eigenvalue weighted by molar-refractivity contribution is 6.12. The van der Waals surface area contributed by atoms with Crippen LogP contribution in [0.4, 0.5) is 0 Å². The summed E-state index contributed by atoms with van der Waals surface area (Å²) in [6, 6.07) is 7.69. The summed E-state index contributed by atoms with van der Waals surface area (Å²) in [5.41, 5.74) is 4.04. The lowest BCUT2D eigenvalue weighted by molar-refractivity contribution is -0.151. The molecule has 0 radical (unpaired) electrons. The van der Waals surface area contributed by atoms with Crippen LogP contribution in [-0.2, 0) is 28.6 Å². The van der Waals surface area contributed by atoms with E-state index in [9.17, 15) is 14.4 Å². The third-order valence-electron chi connectivity index (χ3n) is 5.89. The molecule has 1 aliphatic carbocycles. The lowest BCUT2D eigenvalue weighted by Gasteiger charge is -2.38. The van der Waals surface area contributed by atoms with Crippen molar-refractivity contribution in [3.05, 3.63) is 57.9 Å². The van der Waals surface area contributed by atoms with Crippen LogP contribution in [0.15, 0.2) is 46.8 Å². The topological polar surface area (TPSA) is 90.9 Å². The molecular formula is C24H29NO6. The van der Waals surface area contributed by atoms with Crippen LogP contribution in [-0.4, -0.2) is 45.2 Å². The van der Waals surface area contributed by atoms with E-state index in [1.54, 1.807) is 6.92 Å². The van der Waals surface area contributed by atoms with E-state index in [1.807, 2.05) is 38.1 Å². The first kappa shape index (κ1) is 22.7. The van der Waals surface area contributed by atoms with Gasteiger partial charge in [-0.15, -0.1) is 0 Å². The number of carbonyl (C=O) groups is 3. The Morgan fingerprint density at radius 3 is 2.39 bits per heavy atom. The molecule has 7 nitrogen and oxygen atoms in total. The van der Waals surface area contributed by atoms with E-state index < -0.39 is 23.8 Å². The summed E-state index contributed by atoms with van der Waals surface area (Å²) in [6.07, 6.45) is 0.506. The second-order valence-electron chi connectivity index (χ2n) is 8.07.